The molecule has 4 heterocycles. The molecule has 1 atom stereocenters. The number of pyridine rings is 1. The Kier molecular flexibility index (Phi) is 4.53. The first-order valence-corrected chi connectivity index (χ1v) is 10.4. The van der Waals surface area contributed by atoms with Crippen LogP contribution in [0.5, 0.6) is 0 Å². The molecule has 3 aliphatic heterocycles. The lowest BCUT2D eigenvalue weighted by atomic mass is 9.74. The minimum Gasteiger partial charge on any atom is -0.381 e. The lowest BCUT2D eigenvalue weighted by Gasteiger charge is -2.60. The predicted molar refractivity (Wildman–Crippen MR) is 90.5 cm³/mol. The van der Waals surface area contributed by atoms with Gasteiger partial charge < -0.3 is 9.64 Å². The monoisotopic (exact) mass is 405 g/mol. The maximum absolute atomic E-state index is 12.8. The van der Waals surface area contributed by atoms with E-state index in [-0.39, 0.29) is 16.0 Å². The van der Waals surface area contributed by atoms with Crippen molar-refractivity contribution in [2.75, 3.05) is 45.9 Å². The van der Waals surface area contributed by atoms with E-state index in [4.69, 9.17) is 4.74 Å². The van der Waals surface area contributed by atoms with E-state index in [1.807, 2.05) is 0 Å². The molecule has 0 radical (unpaired) electrons. The minimum absolute atomic E-state index is 0.0141. The number of likely N-dealkylation sites (tertiary alicyclic amines) is 1. The Morgan fingerprint density at radius 1 is 1.26 bits per heavy atom. The standard InChI is InChI=1S/C17H22F3N3O3S/c1-12-14(2-3-15(21-12)17(18,19)20)27(24,25)23-10-16(11-23)8-22(9-16)6-13-4-5-26-7-13/h2-3,13H,4-11H2,1H3. The lowest BCUT2D eigenvalue weighted by molar-refractivity contribution is -0.141. The van der Waals surface area contributed by atoms with Gasteiger partial charge in [0.15, 0.2) is 0 Å². The zero-order chi connectivity index (χ0) is 19.4. The van der Waals surface area contributed by atoms with Gasteiger partial charge in [-0.25, -0.2) is 13.4 Å². The number of aromatic nitrogens is 1. The number of aryl methyl sites for hydroxylation is 1. The van der Waals surface area contributed by atoms with Crippen molar-refractivity contribution >= 4 is 10.0 Å². The third kappa shape index (κ3) is 3.48. The Balaban J connectivity index is 1.38. The van der Waals surface area contributed by atoms with E-state index in [2.05, 4.69) is 9.88 Å². The first kappa shape index (κ1) is 19.1. The Hall–Kier alpha value is -1.23. The molecule has 0 N–H and O–H groups in total. The van der Waals surface area contributed by atoms with Crippen molar-refractivity contribution in [3.8, 4) is 0 Å². The quantitative estimate of drug-likeness (QED) is 0.764. The summed E-state index contributed by atoms with van der Waals surface area (Å²) in [5.41, 5.74) is -1.22. The third-order valence-corrected chi connectivity index (χ3v) is 7.55. The van der Waals surface area contributed by atoms with Gasteiger partial charge in [-0.1, -0.05) is 0 Å². The van der Waals surface area contributed by atoms with Gasteiger partial charge in [0.05, 0.1) is 12.3 Å². The average Bonchev–Trinajstić information content (AvgIpc) is 2.99. The van der Waals surface area contributed by atoms with Crippen LogP contribution in [-0.2, 0) is 20.9 Å². The molecule has 3 saturated heterocycles. The van der Waals surface area contributed by atoms with Gasteiger partial charge in [-0.15, -0.1) is 0 Å². The Morgan fingerprint density at radius 2 is 1.96 bits per heavy atom. The summed E-state index contributed by atoms with van der Waals surface area (Å²) in [7, 11) is -3.82. The summed E-state index contributed by atoms with van der Waals surface area (Å²) in [4.78, 5) is 5.62. The highest BCUT2D eigenvalue weighted by Gasteiger charge is 2.55. The van der Waals surface area contributed by atoms with Gasteiger partial charge in [-0.2, -0.15) is 17.5 Å². The summed E-state index contributed by atoms with van der Waals surface area (Å²) in [6.07, 6.45) is -3.52. The van der Waals surface area contributed by atoms with E-state index < -0.39 is 21.9 Å². The van der Waals surface area contributed by atoms with Crippen LogP contribution in [0.2, 0.25) is 0 Å². The Morgan fingerprint density at radius 3 is 2.52 bits per heavy atom. The zero-order valence-corrected chi connectivity index (χ0v) is 15.8. The van der Waals surface area contributed by atoms with Crippen molar-refractivity contribution in [3.05, 3.63) is 23.5 Å². The topological polar surface area (TPSA) is 62.7 Å². The molecular weight excluding hydrogens is 383 g/mol. The van der Waals surface area contributed by atoms with Crippen LogP contribution in [0.1, 0.15) is 17.8 Å². The van der Waals surface area contributed by atoms with Crippen molar-refractivity contribution < 1.29 is 26.3 Å². The van der Waals surface area contributed by atoms with Gasteiger partial charge in [0.25, 0.3) is 0 Å². The number of alkyl halides is 3. The molecule has 1 aromatic heterocycles. The van der Waals surface area contributed by atoms with Gasteiger partial charge >= 0.3 is 6.18 Å². The molecule has 10 heteroatoms. The fourth-order valence-electron chi connectivity index (χ4n) is 4.31. The highest BCUT2D eigenvalue weighted by atomic mass is 32.2. The second-order valence-corrected chi connectivity index (χ2v) is 9.86. The zero-order valence-electron chi connectivity index (χ0n) is 15.0. The summed E-state index contributed by atoms with van der Waals surface area (Å²) in [6.45, 7) is 6.43. The lowest BCUT2D eigenvalue weighted by Crippen LogP contribution is -2.73. The van der Waals surface area contributed by atoms with Gasteiger partial charge in [0.2, 0.25) is 10.0 Å². The maximum atomic E-state index is 12.8. The molecule has 0 bridgehead atoms. The van der Waals surface area contributed by atoms with Crippen molar-refractivity contribution in [3.63, 3.8) is 0 Å². The normalized spacial score (nSPS) is 26.1. The van der Waals surface area contributed by atoms with Crippen LogP contribution in [0.25, 0.3) is 0 Å². The number of rotatable bonds is 4. The second-order valence-electron chi connectivity index (χ2n) is 7.95. The van der Waals surface area contributed by atoms with Gasteiger partial charge in [0, 0.05) is 44.7 Å². The van der Waals surface area contributed by atoms with E-state index >= 15 is 0 Å². The van der Waals surface area contributed by atoms with Crippen molar-refractivity contribution in [2.24, 2.45) is 11.3 Å². The van der Waals surface area contributed by atoms with Crippen LogP contribution >= 0.6 is 0 Å². The predicted octanol–water partition coefficient (Wildman–Crippen LogP) is 1.75. The average molecular weight is 405 g/mol. The highest BCUT2D eigenvalue weighted by Crippen LogP contribution is 2.43. The van der Waals surface area contributed by atoms with E-state index in [9.17, 15) is 21.6 Å². The van der Waals surface area contributed by atoms with Crippen molar-refractivity contribution in [2.45, 2.75) is 24.4 Å². The largest absolute Gasteiger partial charge is 0.433 e. The summed E-state index contributed by atoms with van der Waals surface area (Å²) in [5.74, 6) is 0.558. The van der Waals surface area contributed by atoms with Gasteiger partial charge in [0.1, 0.15) is 10.6 Å². The van der Waals surface area contributed by atoms with Gasteiger partial charge in [-0.3, -0.25) is 0 Å². The van der Waals surface area contributed by atoms with Crippen LogP contribution in [0, 0.1) is 18.3 Å². The summed E-state index contributed by atoms with van der Waals surface area (Å²) >= 11 is 0. The maximum Gasteiger partial charge on any atom is 0.433 e. The van der Waals surface area contributed by atoms with E-state index in [0.717, 1.165) is 51.4 Å². The molecule has 6 nitrogen and oxygen atoms in total. The molecule has 1 spiro atoms. The minimum atomic E-state index is -4.59. The molecule has 0 saturated carbocycles. The van der Waals surface area contributed by atoms with Crippen molar-refractivity contribution in [1.29, 1.82) is 0 Å². The van der Waals surface area contributed by atoms with Gasteiger partial charge in [-0.05, 0) is 31.4 Å². The number of ether oxygens (including phenoxy) is 1. The molecule has 4 rings (SSSR count). The summed E-state index contributed by atoms with van der Waals surface area (Å²) < 4.78 is 70.4. The summed E-state index contributed by atoms with van der Waals surface area (Å²) in [6, 6.07) is 1.74. The molecule has 1 aromatic rings. The number of sulfonamides is 1. The van der Waals surface area contributed by atoms with Crippen LogP contribution < -0.4 is 0 Å². The molecule has 0 aliphatic carbocycles. The fourth-order valence-corrected chi connectivity index (χ4v) is 6.14. The Labute approximate surface area is 156 Å². The Bertz CT molecular complexity index is 824. The molecule has 3 fully saturated rings. The molecule has 3 aliphatic rings. The van der Waals surface area contributed by atoms with Crippen LogP contribution in [-0.4, -0.2) is 68.5 Å². The van der Waals surface area contributed by atoms with Crippen molar-refractivity contribution in [1.82, 2.24) is 14.2 Å². The number of hydrogen-bond acceptors (Lipinski definition) is 5. The van der Waals surface area contributed by atoms with Crippen LogP contribution in [0.15, 0.2) is 17.0 Å². The van der Waals surface area contributed by atoms with E-state index in [1.54, 1.807) is 0 Å². The summed E-state index contributed by atoms with van der Waals surface area (Å²) in [5, 5.41) is 0. The number of hydrogen-bond donors (Lipinski definition) is 0. The molecule has 0 amide bonds. The van der Waals surface area contributed by atoms with E-state index in [0.29, 0.717) is 19.0 Å². The van der Waals surface area contributed by atoms with E-state index in [1.165, 1.54) is 11.2 Å². The number of nitrogens with zero attached hydrogens (tertiary/aromatic N) is 3. The molecule has 1 unspecified atom stereocenters. The second kappa shape index (κ2) is 6.40. The first-order valence-electron chi connectivity index (χ1n) is 8.94. The highest BCUT2D eigenvalue weighted by molar-refractivity contribution is 7.89. The number of halogens is 3. The molecule has 150 valence electrons. The SMILES string of the molecule is Cc1nc(C(F)(F)F)ccc1S(=O)(=O)N1CC2(CN(CC3CCOC3)C2)C1. The molecule has 27 heavy (non-hydrogen) atoms. The van der Waals surface area contributed by atoms with Crippen LogP contribution in [0.4, 0.5) is 13.2 Å². The first-order chi connectivity index (χ1) is 12.6. The molecule has 0 aromatic carbocycles. The molecular formula is C17H22F3N3O3S. The smallest absolute Gasteiger partial charge is 0.381 e. The third-order valence-electron chi connectivity index (χ3n) is 5.63. The van der Waals surface area contributed by atoms with Crippen LogP contribution in [0.3, 0.4) is 0 Å². The fraction of sp³-hybridized carbons (Fsp3) is 0.706.